The summed E-state index contributed by atoms with van der Waals surface area (Å²) in [5.41, 5.74) is 0. The van der Waals surface area contributed by atoms with Gasteiger partial charge in [0.2, 0.25) is 5.91 Å². The maximum atomic E-state index is 12.0. The lowest BCUT2D eigenvalue weighted by Crippen LogP contribution is -2.33. The Bertz CT molecular complexity index is 365. The molecule has 1 atom stereocenters. The van der Waals surface area contributed by atoms with E-state index in [-0.39, 0.29) is 11.9 Å². The van der Waals surface area contributed by atoms with Crippen LogP contribution in [0.4, 0.5) is 0 Å². The van der Waals surface area contributed by atoms with E-state index < -0.39 is 0 Å². The number of nitrogens with one attached hydrogen (secondary N) is 1. The predicted molar refractivity (Wildman–Crippen MR) is 73.7 cm³/mol. The molecule has 0 saturated heterocycles. The number of aromatic nitrogens is 2. The van der Waals surface area contributed by atoms with Crippen molar-refractivity contribution in [1.82, 2.24) is 15.1 Å². The highest BCUT2D eigenvalue weighted by atomic mass is 35.5. The number of carbonyl (C=O) groups is 1. The molecule has 4 nitrogen and oxygen atoms in total. The van der Waals surface area contributed by atoms with Gasteiger partial charge in [-0.3, -0.25) is 9.48 Å². The first kappa shape index (κ1) is 15.0. The van der Waals surface area contributed by atoms with Crippen molar-refractivity contribution in [3.8, 4) is 0 Å². The molecule has 0 spiro atoms. The van der Waals surface area contributed by atoms with Gasteiger partial charge in [-0.2, -0.15) is 5.10 Å². The second kappa shape index (κ2) is 8.14. The number of carbonyl (C=O) groups excluding carboxylic acids is 1. The van der Waals surface area contributed by atoms with Crippen molar-refractivity contribution in [3.63, 3.8) is 0 Å². The van der Waals surface area contributed by atoms with Gasteiger partial charge in [-0.15, -0.1) is 0 Å². The SMILES string of the molecule is CCCCCCNC(=O)C(CC)n1cc(Cl)cn1. The maximum Gasteiger partial charge on any atom is 0.244 e. The van der Waals surface area contributed by atoms with Gasteiger partial charge >= 0.3 is 0 Å². The average molecular weight is 272 g/mol. The summed E-state index contributed by atoms with van der Waals surface area (Å²) in [6.07, 6.45) is 8.58. The van der Waals surface area contributed by atoms with Crippen molar-refractivity contribution in [2.75, 3.05) is 6.54 Å². The molecule has 0 aromatic carbocycles. The Morgan fingerprint density at radius 3 is 2.78 bits per heavy atom. The van der Waals surface area contributed by atoms with Crippen LogP contribution in [0.25, 0.3) is 0 Å². The number of amides is 1. The first-order valence-corrected chi connectivity index (χ1v) is 7.04. The Hall–Kier alpha value is -1.03. The van der Waals surface area contributed by atoms with E-state index in [9.17, 15) is 4.79 Å². The minimum absolute atomic E-state index is 0.0220. The van der Waals surface area contributed by atoms with E-state index in [0.29, 0.717) is 11.4 Å². The summed E-state index contributed by atoms with van der Waals surface area (Å²) in [6, 6.07) is -0.260. The maximum absolute atomic E-state index is 12.0. The molecular formula is C13H22ClN3O. The van der Waals surface area contributed by atoms with Gasteiger partial charge < -0.3 is 5.32 Å². The van der Waals surface area contributed by atoms with Crippen molar-refractivity contribution in [2.24, 2.45) is 0 Å². The van der Waals surface area contributed by atoms with E-state index in [1.54, 1.807) is 17.1 Å². The number of halogens is 1. The van der Waals surface area contributed by atoms with Crippen molar-refractivity contribution in [3.05, 3.63) is 17.4 Å². The first-order chi connectivity index (χ1) is 8.69. The number of nitrogens with zero attached hydrogens (tertiary/aromatic N) is 2. The normalized spacial score (nSPS) is 12.4. The van der Waals surface area contributed by atoms with Crippen LogP contribution in [0.2, 0.25) is 5.02 Å². The first-order valence-electron chi connectivity index (χ1n) is 6.66. The second-order valence-corrected chi connectivity index (χ2v) is 4.85. The summed E-state index contributed by atoms with van der Waals surface area (Å²) in [7, 11) is 0. The quantitative estimate of drug-likeness (QED) is 0.738. The van der Waals surface area contributed by atoms with E-state index in [0.717, 1.165) is 13.0 Å². The summed E-state index contributed by atoms with van der Waals surface area (Å²) >= 11 is 5.81. The van der Waals surface area contributed by atoms with Gasteiger partial charge in [-0.1, -0.05) is 44.7 Å². The Morgan fingerprint density at radius 2 is 2.22 bits per heavy atom. The van der Waals surface area contributed by atoms with Crippen LogP contribution in [0.5, 0.6) is 0 Å². The van der Waals surface area contributed by atoms with Gasteiger partial charge in [0.15, 0.2) is 0 Å². The van der Waals surface area contributed by atoms with Crippen molar-refractivity contribution >= 4 is 17.5 Å². The third-order valence-electron chi connectivity index (χ3n) is 2.91. The molecule has 0 aliphatic carbocycles. The Balaban J connectivity index is 2.38. The molecule has 0 saturated carbocycles. The molecule has 0 radical (unpaired) electrons. The van der Waals surface area contributed by atoms with Crippen molar-refractivity contribution in [1.29, 1.82) is 0 Å². The standard InChI is InChI=1S/C13H22ClN3O/c1-3-5-6-7-8-15-13(18)12(4-2)17-10-11(14)9-16-17/h9-10,12H,3-8H2,1-2H3,(H,15,18). The van der Waals surface area contributed by atoms with Crippen LogP contribution in [-0.2, 0) is 4.79 Å². The molecule has 0 bridgehead atoms. The molecule has 5 heteroatoms. The Kier molecular flexibility index (Phi) is 6.80. The van der Waals surface area contributed by atoms with Crippen LogP contribution in [0.1, 0.15) is 52.0 Å². The van der Waals surface area contributed by atoms with Crippen LogP contribution < -0.4 is 5.32 Å². The summed E-state index contributed by atoms with van der Waals surface area (Å²) < 4.78 is 1.63. The highest BCUT2D eigenvalue weighted by molar-refractivity contribution is 6.30. The highest BCUT2D eigenvalue weighted by Crippen LogP contribution is 2.14. The van der Waals surface area contributed by atoms with E-state index in [1.807, 2.05) is 6.92 Å². The largest absolute Gasteiger partial charge is 0.354 e. The number of unbranched alkanes of at least 4 members (excludes halogenated alkanes) is 3. The van der Waals surface area contributed by atoms with Crippen molar-refractivity contribution < 1.29 is 4.79 Å². The zero-order valence-corrected chi connectivity index (χ0v) is 11.9. The minimum atomic E-state index is -0.260. The number of hydrogen-bond acceptors (Lipinski definition) is 2. The summed E-state index contributed by atoms with van der Waals surface area (Å²) in [5.74, 6) is 0.0220. The van der Waals surface area contributed by atoms with E-state index in [4.69, 9.17) is 11.6 Å². The lowest BCUT2D eigenvalue weighted by molar-refractivity contribution is -0.124. The molecule has 0 aliphatic rings. The van der Waals surface area contributed by atoms with Gasteiger partial charge in [-0.05, 0) is 12.8 Å². The molecular weight excluding hydrogens is 250 g/mol. The monoisotopic (exact) mass is 271 g/mol. The third kappa shape index (κ3) is 4.69. The zero-order valence-electron chi connectivity index (χ0n) is 11.2. The zero-order chi connectivity index (χ0) is 13.4. The molecule has 102 valence electrons. The average Bonchev–Trinajstić information content (AvgIpc) is 2.76. The molecule has 1 N–H and O–H groups in total. The molecule has 1 aromatic rings. The topological polar surface area (TPSA) is 46.9 Å². The van der Waals surface area contributed by atoms with Crippen LogP contribution in [0, 0.1) is 0 Å². The third-order valence-corrected chi connectivity index (χ3v) is 3.10. The fraction of sp³-hybridized carbons (Fsp3) is 0.692. The van der Waals surface area contributed by atoms with Gasteiger partial charge in [-0.25, -0.2) is 0 Å². The summed E-state index contributed by atoms with van der Waals surface area (Å²) in [4.78, 5) is 12.0. The molecule has 1 aromatic heterocycles. The number of rotatable bonds is 8. The molecule has 1 heterocycles. The lowest BCUT2D eigenvalue weighted by Gasteiger charge is -2.15. The fourth-order valence-electron chi connectivity index (χ4n) is 1.86. The van der Waals surface area contributed by atoms with Crippen LogP contribution in [-0.4, -0.2) is 22.2 Å². The van der Waals surface area contributed by atoms with Crippen LogP contribution in [0.15, 0.2) is 12.4 Å². The predicted octanol–water partition coefficient (Wildman–Crippen LogP) is 3.18. The van der Waals surface area contributed by atoms with E-state index in [2.05, 4.69) is 17.3 Å². The molecule has 0 fully saturated rings. The van der Waals surface area contributed by atoms with Crippen molar-refractivity contribution in [2.45, 2.75) is 52.0 Å². The molecule has 0 aliphatic heterocycles. The fourth-order valence-corrected chi connectivity index (χ4v) is 2.00. The van der Waals surface area contributed by atoms with E-state index in [1.165, 1.54) is 19.3 Å². The lowest BCUT2D eigenvalue weighted by atomic mass is 10.2. The Morgan fingerprint density at radius 1 is 1.44 bits per heavy atom. The van der Waals surface area contributed by atoms with Crippen LogP contribution in [0.3, 0.4) is 0 Å². The number of hydrogen-bond donors (Lipinski definition) is 1. The highest BCUT2D eigenvalue weighted by Gasteiger charge is 2.18. The molecule has 1 unspecified atom stereocenters. The van der Waals surface area contributed by atoms with Crippen LogP contribution >= 0.6 is 11.6 Å². The summed E-state index contributed by atoms with van der Waals surface area (Å²) in [5, 5.41) is 7.61. The van der Waals surface area contributed by atoms with E-state index >= 15 is 0 Å². The molecule has 18 heavy (non-hydrogen) atoms. The second-order valence-electron chi connectivity index (χ2n) is 4.41. The smallest absolute Gasteiger partial charge is 0.244 e. The van der Waals surface area contributed by atoms with Gasteiger partial charge in [0.1, 0.15) is 6.04 Å². The Labute approximate surface area is 114 Å². The summed E-state index contributed by atoms with van der Waals surface area (Å²) in [6.45, 7) is 4.88. The van der Waals surface area contributed by atoms with Gasteiger partial charge in [0.05, 0.1) is 11.2 Å². The molecule has 1 rings (SSSR count). The van der Waals surface area contributed by atoms with Gasteiger partial charge in [0, 0.05) is 12.7 Å². The van der Waals surface area contributed by atoms with Gasteiger partial charge in [0.25, 0.3) is 0 Å². The molecule has 1 amide bonds. The minimum Gasteiger partial charge on any atom is -0.354 e.